The summed E-state index contributed by atoms with van der Waals surface area (Å²) in [6.45, 7) is 0.527. The van der Waals surface area contributed by atoms with E-state index in [0.717, 1.165) is 0 Å². The Morgan fingerprint density at radius 2 is 2.11 bits per heavy atom. The van der Waals surface area contributed by atoms with Gasteiger partial charge in [-0.15, -0.1) is 0 Å². The van der Waals surface area contributed by atoms with Gasteiger partial charge in [-0.2, -0.15) is 0 Å². The van der Waals surface area contributed by atoms with Gasteiger partial charge in [-0.25, -0.2) is 17.7 Å². The van der Waals surface area contributed by atoms with Crippen molar-refractivity contribution in [2.24, 2.45) is 13.0 Å². The molecule has 0 spiro atoms. The van der Waals surface area contributed by atoms with Crippen molar-refractivity contribution >= 4 is 26.8 Å². The fourth-order valence-electron chi connectivity index (χ4n) is 2.95. The highest BCUT2D eigenvalue weighted by atomic mass is 32.2. The van der Waals surface area contributed by atoms with Gasteiger partial charge in [0.1, 0.15) is 0 Å². The zero-order valence-corrected chi connectivity index (χ0v) is 16.2. The number of ether oxygens (including phenoxy) is 1. The van der Waals surface area contributed by atoms with Gasteiger partial charge in [0.25, 0.3) is 11.5 Å². The number of carbonyl (C=O) groups is 1. The molecule has 10 heteroatoms. The quantitative estimate of drug-likeness (QED) is 0.737. The van der Waals surface area contributed by atoms with Gasteiger partial charge < -0.3 is 14.6 Å². The van der Waals surface area contributed by atoms with Crippen LogP contribution in [-0.2, 0) is 21.8 Å². The molecule has 1 fully saturated rings. The molecule has 1 amide bonds. The standard InChI is InChI=1S/C17H22N4O5S/c1-20(2)27(24,25)9-12-7-26-8-15(12)19-16(22)11-4-5-13-14(6-11)18-10-21(3)17(13)23/h4-6,10,12,15H,7-9H2,1-3H3,(H,19,22)/t12-,15-/m0/s1. The summed E-state index contributed by atoms with van der Waals surface area (Å²) >= 11 is 0. The summed E-state index contributed by atoms with van der Waals surface area (Å²) in [6.07, 6.45) is 1.40. The molecule has 146 valence electrons. The molecule has 3 rings (SSSR count). The number of carbonyl (C=O) groups excluding carboxylic acids is 1. The highest BCUT2D eigenvalue weighted by Gasteiger charge is 2.34. The predicted octanol–water partition coefficient (Wildman–Crippen LogP) is -0.430. The predicted molar refractivity (Wildman–Crippen MR) is 100 cm³/mol. The maximum absolute atomic E-state index is 12.6. The summed E-state index contributed by atoms with van der Waals surface area (Å²) in [5.41, 5.74) is 0.592. The number of nitrogens with zero attached hydrogens (tertiary/aromatic N) is 3. The van der Waals surface area contributed by atoms with Crippen molar-refractivity contribution in [1.82, 2.24) is 19.2 Å². The number of amides is 1. The molecule has 2 atom stereocenters. The summed E-state index contributed by atoms with van der Waals surface area (Å²) < 4.78 is 32.1. The van der Waals surface area contributed by atoms with Crippen molar-refractivity contribution in [3.63, 3.8) is 0 Å². The Hall–Kier alpha value is -2.30. The van der Waals surface area contributed by atoms with Crippen LogP contribution in [0.4, 0.5) is 0 Å². The topological polar surface area (TPSA) is 111 Å². The normalized spacial score (nSPS) is 20.3. The van der Waals surface area contributed by atoms with Crippen molar-refractivity contribution < 1.29 is 17.9 Å². The lowest BCUT2D eigenvalue weighted by Gasteiger charge is -2.21. The van der Waals surface area contributed by atoms with Gasteiger partial charge in [-0.05, 0) is 18.2 Å². The second-order valence-electron chi connectivity index (χ2n) is 6.83. The molecule has 1 N–H and O–H groups in total. The largest absolute Gasteiger partial charge is 0.379 e. The molecule has 0 aliphatic carbocycles. The van der Waals surface area contributed by atoms with Crippen LogP contribution in [0.15, 0.2) is 29.3 Å². The molecule has 2 heterocycles. The lowest BCUT2D eigenvalue weighted by atomic mass is 10.1. The van der Waals surface area contributed by atoms with Crippen LogP contribution >= 0.6 is 0 Å². The van der Waals surface area contributed by atoms with Gasteiger partial charge in [0.2, 0.25) is 10.0 Å². The van der Waals surface area contributed by atoms with Gasteiger partial charge in [-0.3, -0.25) is 9.59 Å². The van der Waals surface area contributed by atoms with E-state index in [-0.39, 0.29) is 36.4 Å². The van der Waals surface area contributed by atoms with Crippen LogP contribution in [0.5, 0.6) is 0 Å². The van der Waals surface area contributed by atoms with Crippen LogP contribution in [-0.4, -0.2) is 67.3 Å². The number of rotatable bonds is 5. The summed E-state index contributed by atoms with van der Waals surface area (Å²) in [5, 5.41) is 3.27. The molecule has 9 nitrogen and oxygen atoms in total. The fourth-order valence-corrected chi connectivity index (χ4v) is 4.11. The molecule has 27 heavy (non-hydrogen) atoms. The van der Waals surface area contributed by atoms with E-state index in [4.69, 9.17) is 4.74 Å². The van der Waals surface area contributed by atoms with E-state index in [1.54, 1.807) is 25.2 Å². The highest BCUT2D eigenvalue weighted by molar-refractivity contribution is 7.89. The Balaban J connectivity index is 1.77. The van der Waals surface area contributed by atoms with Crippen LogP contribution < -0.4 is 10.9 Å². The maximum atomic E-state index is 12.6. The van der Waals surface area contributed by atoms with Gasteiger partial charge in [0.15, 0.2) is 0 Å². The fraction of sp³-hybridized carbons (Fsp3) is 0.471. The van der Waals surface area contributed by atoms with Gasteiger partial charge in [0.05, 0.1) is 42.2 Å². The first-order valence-corrected chi connectivity index (χ1v) is 10.0. The minimum absolute atomic E-state index is 0.0970. The van der Waals surface area contributed by atoms with Gasteiger partial charge >= 0.3 is 0 Å². The van der Waals surface area contributed by atoms with E-state index in [9.17, 15) is 18.0 Å². The molecule has 0 bridgehead atoms. The molecule has 2 aromatic rings. The number of nitrogens with one attached hydrogen (secondary N) is 1. The summed E-state index contributed by atoms with van der Waals surface area (Å²) in [5.74, 6) is -0.783. The molecule has 0 radical (unpaired) electrons. The highest BCUT2D eigenvalue weighted by Crippen LogP contribution is 2.18. The SMILES string of the molecule is CN(C)S(=O)(=O)C[C@@H]1COC[C@@H]1NC(=O)c1ccc2c(=O)n(C)cnc2c1. The van der Waals surface area contributed by atoms with Crippen LogP contribution in [0.25, 0.3) is 10.9 Å². The summed E-state index contributed by atoms with van der Waals surface area (Å²) in [6, 6.07) is 4.27. The molecule has 0 unspecified atom stereocenters. The molecule has 1 aromatic heterocycles. The molecule has 1 aliphatic rings. The molecule has 1 saturated heterocycles. The number of sulfonamides is 1. The van der Waals surface area contributed by atoms with Crippen LogP contribution in [0.2, 0.25) is 0 Å². The average molecular weight is 394 g/mol. The molecule has 1 aliphatic heterocycles. The minimum atomic E-state index is -3.40. The van der Waals surface area contributed by atoms with Crippen molar-refractivity contribution in [1.29, 1.82) is 0 Å². The summed E-state index contributed by atoms with van der Waals surface area (Å²) in [7, 11) is 1.17. The van der Waals surface area contributed by atoms with E-state index in [2.05, 4.69) is 10.3 Å². The van der Waals surface area contributed by atoms with Gasteiger partial charge in [0, 0.05) is 32.6 Å². The first kappa shape index (κ1) is 19.5. The number of aromatic nitrogens is 2. The van der Waals surface area contributed by atoms with E-state index >= 15 is 0 Å². The Morgan fingerprint density at radius 1 is 1.37 bits per heavy atom. The number of hydrogen-bond donors (Lipinski definition) is 1. The third kappa shape index (κ3) is 4.02. The first-order valence-electron chi connectivity index (χ1n) is 8.43. The van der Waals surface area contributed by atoms with Crippen molar-refractivity contribution in [2.45, 2.75) is 6.04 Å². The Labute approximate surface area is 157 Å². The average Bonchev–Trinajstić information content (AvgIpc) is 3.03. The Bertz CT molecular complexity index is 1030. The van der Waals surface area contributed by atoms with Crippen LogP contribution in [0, 0.1) is 5.92 Å². The van der Waals surface area contributed by atoms with Crippen LogP contribution in [0.3, 0.4) is 0 Å². The molecular formula is C17H22N4O5S. The number of benzene rings is 1. The van der Waals surface area contributed by atoms with E-state index in [0.29, 0.717) is 16.5 Å². The zero-order valence-electron chi connectivity index (χ0n) is 15.4. The molecule has 1 aromatic carbocycles. The second kappa shape index (κ2) is 7.37. The Morgan fingerprint density at radius 3 is 2.81 bits per heavy atom. The third-order valence-electron chi connectivity index (χ3n) is 4.68. The number of fused-ring (bicyclic) bond motifs is 1. The third-order valence-corrected chi connectivity index (χ3v) is 6.64. The maximum Gasteiger partial charge on any atom is 0.260 e. The smallest absolute Gasteiger partial charge is 0.260 e. The number of hydrogen-bond acceptors (Lipinski definition) is 6. The lowest BCUT2D eigenvalue weighted by molar-refractivity contribution is 0.0926. The van der Waals surface area contributed by atoms with E-state index in [1.165, 1.54) is 29.3 Å². The molecular weight excluding hydrogens is 372 g/mol. The molecule has 0 saturated carbocycles. The van der Waals surface area contributed by atoms with Crippen molar-refractivity contribution in [2.75, 3.05) is 33.1 Å². The monoisotopic (exact) mass is 394 g/mol. The lowest BCUT2D eigenvalue weighted by Crippen LogP contribution is -2.43. The Kier molecular flexibility index (Phi) is 5.31. The van der Waals surface area contributed by atoms with Crippen LogP contribution in [0.1, 0.15) is 10.4 Å². The van der Waals surface area contributed by atoms with Crippen molar-refractivity contribution in [3.05, 3.63) is 40.4 Å². The first-order chi connectivity index (χ1) is 12.7. The van der Waals surface area contributed by atoms with E-state index in [1.807, 2.05) is 0 Å². The van der Waals surface area contributed by atoms with Gasteiger partial charge in [-0.1, -0.05) is 0 Å². The minimum Gasteiger partial charge on any atom is -0.379 e. The number of aryl methyl sites for hydroxylation is 1. The second-order valence-corrected chi connectivity index (χ2v) is 9.06. The van der Waals surface area contributed by atoms with E-state index < -0.39 is 16.1 Å². The van der Waals surface area contributed by atoms with Crippen molar-refractivity contribution in [3.8, 4) is 0 Å². The summed E-state index contributed by atoms with van der Waals surface area (Å²) in [4.78, 5) is 28.8. The zero-order chi connectivity index (χ0) is 19.8.